The first-order chi connectivity index (χ1) is 19.0. The minimum absolute atomic E-state index is 0.0222. The highest BCUT2D eigenvalue weighted by Gasteiger charge is 2.55. The van der Waals surface area contributed by atoms with E-state index in [1.54, 1.807) is 27.8 Å². The van der Waals surface area contributed by atoms with Gasteiger partial charge in [-0.05, 0) is 75.7 Å². The Balaban J connectivity index is 1.84. The predicted molar refractivity (Wildman–Crippen MR) is 148 cm³/mol. The number of halogens is 2. The van der Waals surface area contributed by atoms with E-state index in [0.717, 1.165) is 18.6 Å². The Morgan fingerprint density at radius 1 is 1.15 bits per heavy atom. The van der Waals surface area contributed by atoms with Gasteiger partial charge in [-0.15, -0.1) is 0 Å². The first-order valence-electron chi connectivity index (χ1n) is 12.9. The summed E-state index contributed by atoms with van der Waals surface area (Å²) < 4.78 is 34.8. The van der Waals surface area contributed by atoms with E-state index in [4.69, 9.17) is 17.0 Å². The molecule has 2 unspecified atom stereocenters. The fraction of sp³-hybridized carbons (Fsp3) is 0.393. The topological polar surface area (TPSA) is 94.5 Å². The number of aldehydes is 1. The number of anilines is 1. The Morgan fingerprint density at radius 2 is 1.85 bits per heavy atom. The molecule has 3 aliphatic rings. The molecule has 2 aromatic carbocycles. The summed E-state index contributed by atoms with van der Waals surface area (Å²) in [4.78, 5) is 44.6. The third kappa shape index (κ3) is 4.59. The smallest absolute Gasteiger partial charge is 0.415 e. The lowest BCUT2D eigenvalue weighted by Gasteiger charge is -2.46. The minimum Gasteiger partial charge on any atom is -0.443 e. The van der Waals surface area contributed by atoms with Crippen LogP contribution in [0.15, 0.2) is 41.5 Å². The van der Waals surface area contributed by atoms with Gasteiger partial charge in [-0.2, -0.15) is 5.10 Å². The second-order valence-electron chi connectivity index (χ2n) is 10.9. The van der Waals surface area contributed by atoms with Crippen molar-refractivity contribution in [1.82, 2.24) is 15.2 Å². The van der Waals surface area contributed by atoms with Gasteiger partial charge in [0.2, 0.25) is 0 Å². The Labute approximate surface area is 235 Å². The van der Waals surface area contributed by atoms with Crippen LogP contribution in [0.25, 0.3) is 0 Å². The van der Waals surface area contributed by atoms with Gasteiger partial charge in [-0.25, -0.2) is 13.6 Å². The standard InChI is InChI=1S/C28H29F2N5O4S/c1-28(2,3)39-27(38)34-20-13-18(30)12-16(14-36)21(20)22(32-31-4)24(23(34)15-7-9-17(29)10-8-15)35-25(37)19-6-5-11-33(19)26(35)40/h7-10,12-14,19,23-24,31H,5-6,11H2,1-4H3/b32-22+/t19-,23?,24?/m0/s1. The fourth-order valence-corrected chi connectivity index (χ4v) is 6.11. The van der Waals surface area contributed by atoms with Crippen molar-refractivity contribution in [3.63, 3.8) is 0 Å². The van der Waals surface area contributed by atoms with Crippen LogP contribution in [0.5, 0.6) is 0 Å². The Kier molecular flexibility index (Phi) is 7.07. The van der Waals surface area contributed by atoms with Crippen molar-refractivity contribution in [2.75, 3.05) is 18.5 Å². The summed E-state index contributed by atoms with van der Waals surface area (Å²) in [6, 6.07) is 4.99. The third-order valence-corrected chi connectivity index (χ3v) is 7.58. The zero-order valence-corrected chi connectivity index (χ0v) is 23.3. The summed E-state index contributed by atoms with van der Waals surface area (Å²) >= 11 is 5.80. The minimum atomic E-state index is -1.07. The molecular formula is C28H29F2N5O4S. The highest BCUT2D eigenvalue weighted by Crippen LogP contribution is 2.45. The van der Waals surface area contributed by atoms with E-state index < -0.39 is 41.5 Å². The van der Waals surface area contributed by atoms with E-state index in [2.05, 4.69) is 10.5 Å². The van der Waals surface area contributed by atoms with Crippen molar-refractivity contribution in [2.45, 2.75) is 57.3 Å². The maximum Gasteiger partial charge on any atom is 0.415 e. The molecule has 9 nitrogen and oxygen atoms in total. The molecule has 0 aromatic heterocycles. The van der Waals surface area contributed by atoms with Crippen molar-refractivity contribution in [2.24, 2.45) is 5.10 Å². The molecule has 3 heterocycles. The zero-order valence-electron chi connectivity index (χ0n) is 22.5. The lowest BCUT2D eigenvalue weighted by atomic mass is 9.82. The van der Waals surface area contributed by atoms with E-state index in [0.29, 0.717) is 24.8 Å². The summed E-state index contributed by atoms with van der Waals surface area (Å²) in [5.74, 6) is -1.54. The number of nitrogens with zero attached hydrogens (tertiary/aromatic N) is 4. The molecule has 2 amide bonds. The van der Waals surface area contributed by atoms with E-state index in [9.17, 15) is 23.2 Å². The predicted octanol–water partition coefficient (Wildman–Crippen LogP) is 4.16. The second-order valence-corrected chi connectivity index (χ2v) is 11.2. The number of benzene rings is 2. The SMILES string of the molecule is CN/N=C1\c2c(C=O)cc(F)cc2N(C(=O)OC(C)(C)C)C(c2ccc(F)cc2)C1N1C(=O)[C@@H]2CCCN2C1=S. The molecule has 5 rings (SSSR count). The molecule has 12 heteroatoms. The lowest BCUT2D eigenvalue weighted by molar-refractivity contribution is -0.128. The molecular weight excluding hydrogens is 540 g/mol. The van der Waals surface area contributed by atoms with Gasteiger partial charge in [0.25, 0.3) is 5.91 Å². The molecule has 2 saturated heterocycles. The Hall–Kier alpha value is -3.93. The molecule has 0 saturated carbocycles. The molecule has 0 radical (unpaired) electrons. The van der Waals surface area contributed by atoms with E-state index in [1.165, 1.54) is 34.1 Å². The quantitative estimate of drug-likeness (QED) is 0.336. The first-order valence-corrected chi connectivity index (χ1v) is 13.3. The molecule has 0 aliphatic carbocycles. The highest BCUT2D eigenvalue weighted by atomic mass is 32.1. The highest BCUT2D eigenvalue weighted by molar-refractivity contribution is 7.80. The monoisotopic (exact) mass is 569 g/mol. The summed E-state index contributed by atoms with van der Waals surface area (Å²) in [6.07, 6.45) is 1.03. The van der Waals surface area contributed by atoms with Gasteiger partial charge in [0.1, 0.15) is 29.3 Å². The van der Waals surface area contributed by atoms with Crippen LogP contribution in [-0.4, -0.2) is 70.2 Å². The van der Waals surface area contributed by atoms with Crippen LogP contribution in [0, 0.1) is 11.6 Å². The zero-order chi connectivity index (χ0) is 28.9. The summed E-state index contributed by atoms with van der Waals surface area (Å²) in [7, 11) is 1.54. The molecule has 210 valence electrons. The van der Waals surface area contributed by atoms with Crippen LogP contribution in [-0.2, 0) is 9.53 Å². The number of nitrogens with one attached hydrogen (secondary N) is 1. The van der Waals surface area contributed by atoms with Crippen LogP contribution < -0.4 is 10.3 Å². The number of hydrogen-bond donors (Lipinski definition) is 1. The number of ether oxygens (including phenoxy) is 1. The molecule has 3 aliphatic heterocycles. The molecule has 2 fully saturated rings. The van der Waals surface area contributed by atoms with Gasteiger partial charge in [-0.1, -0.05) is 12.1 Å². The number of carbonyl (C=O) groups is 3. The third-order valence-electron chi connectivity index (χ3n) is 7.15. The van der Waals surface area contributed by atoms with Crippen LogP contribution >= 0.6 is 12.2 Å². The summed E-state index contributed by atoms with van der Waals surface area (Å²) in [5, 5.41) is 4.73. The van der Waals surface area contributed by atoms with Crippen molar-refractivity contribution in [3.05, 3.63) is 64.7 Å². The van der Waals surface area contributed by atoms with Crippen molar-refractivity contribution in [3.8, 4) is 0 Å². The molecule has 0 bridgehead atoms. The van der Waals surface area contributed by atoms with Crippen LogP contribution in [0.3, 0.4) is 0 Å². The maximum absolute atomic E-state index is 15.0. The number of thiocarbonyl (C=S) groups is 1. The van der Waals surface area contributed by atoms with Gasteiger partial charge in [0, 0.05) is 24.7 Å². The second kappa shape index (κ2) is 10.2. The van der Waals surface area contributed by atoms with E-state index >= 15 is 0 Å². The summed E-state index contributed by atoms with van der Waals surface area (Å²) in [6.45, 7) is 5.65. The number of hydrogen-bond acceptors (Lipinski definition) is 7. The van der Waals surface area contributed by atoms with Gasteiger partial charge < -0.3 is 15.1 Å². The molecule has 40 heavy (non-hydrogen) atoms. The number of amides is 2. The number of hydrazone groups is 1. The number of fused-ring (bicyclic) bond motifs is 2. The number of carbonyl (C=O) groups excluding carboxylic acids is 3. The van der Waals surface area contributed by atoms with Gasteiger partial charge in [-0.3, -0.25) is 19.4 Å². The molecule has 3 atom stereocenters. The summed E-state index contributed by atoms with van der Waals surface area (Å²) in [5.41, 5.74) is 2.52. The van der Waals surface area contributed by atoms with Crippen LogP contribution in [0.1, 0.15) is 61.1 Å². The van der Waals surface area contributed by atoms with Crippen molar-refractivity contribution < 1.29 is 27.9 Å². The largest absolute Gasteiger partial charge is 0.443 e. The van der Waals surface area contributed by atoms with E-state index in [1.807, 2.05) is 4.90 Å². The van der Waals surface area contributed by atoms with Gasteiger partial charge in [0.15, 0.2) is 11.4 Å². The molecule has 0 spiro atoms. The van der Waals surface area contributed by atoms with Crippen molar-refractivity contribution >= 4 is 47.0 Å². The normalized spacial score (nSPS) is 23.4. The Morgan fingerprint density at radius 3 is 2.45 bits per heavy atom. The average molecular weight is 570 g/mol. The van der Waals surface area contributed by atoms with Gasteiger partial charge >= 0.3 is 6.09 Å². The fourth-order valence-electron chi connectivity index (χ4n) is 5.69. The number of rotatable bonds is 4. The Bertz CT molecular complexity index is 1400. The average Bonchev–Trinajstić information content (AvgIpc) is 3.46. The van der Waals surface area contributed by atoms with Crippen LogP contribution in [0.4, 0.5) is 19.3 Å². The van der Waals surface area contributed by atoms with Crippen molar-refractivity contribution in [1.29, 1.82) is 0 Å². The van der Waals surface area contributed by atoms with Gasteiger partial charge in [0.05, 0.1) is 17.4 Å². The van der Waals surface area contributed by atoms with E-state index in [-0.39, 0.29) is 33.5 Å². The molecule has 2 aromatic rings. The maximum atomic E-state index is 15.0. The molecule has 1 N–H and O–H groups in total. The first kappa shape index (κ1) is 27.6. The van der Waals surface area contributed by atoms with Crippen LogP contribution in [0.2, 0.25) is 0 Å². The lowest BCUT2D eigenvalue weighted by Crippen LogP contribution is -2.59.